The van der Waals surface area contributed by atoms with Gasteiger partial charge in [0.25, 0.3) is 0 Å². The standard InChI is InChI=1S/C19H17ClN2OS2/c1-5-13(23-4)9-8-11(2)16-12(3)15-17(20)21-18(22-19(15)25-16)14-7-6-10-24-14/h5-10H,2H2,1,3-4H3/b9-8-,13-5+. The van der Waals surface area contributed by atoms with E-state index in [2.05, 4.69) is 11.6 Å². The van der Waals surface area contributed by atoms with Crippen LogP contribution in [0.15, 0.2) is 48.1 Å². The summed E-state index contributed by atoms with van der Waals surface area (Å²) in [6.07, 6.45) is 5.74. The van der Waals surface area contributed by atoms with Crippen molar-refractivity contribution in [2.75, 3.05) is 7.11 Å². The largest absolute Gasteiger partial charge is 0.497 e. The molecule has 25 heavy (non-hydrogen) atoms. The van der Waals surface area contributed by atoms with Crippen LogP contribution in [0.3, 0.4) is 0 Å². The maximum atomic E-state index is 6.46. The first kappa shape index (κ1) is 17.9. The maximum absolute atomic E-state index is 6.46. The van der Waals surface area contributed by atoms with Crippen molar-refractivity contribution >= 4 is 50.1 Å². The molecular formula is C19H17ClN2OS2. The van der Waals surface area contributed by atoms with Gasteiger partial charge in [-0.15, -0.1) is 22.7 Å². The van der Waals surface area contributed by atoms with Crippen LogP contribution < -0.4 is 0 Å². The fourth-order valence-corrected chi connectivity index (χ4v) is 4.61. The van der Waals surface area contributed by atoms with E-state index in [1.54, 1.807) is 29.8 Å². The van der Waals surface area contributed by atoms with Crippen molar-refractivity contribution in [2.24, 2.45) is 0 Å². The van der Waals surface area contributed by atoms with E-state index in [4.69, 9.17) is 21.3 Å². The van der Waals surface area contributed by atoms with Crippen molar-refractivity contribution < 1.29 is 4.74 Å². The molecule has 0 amide bonds. The SMILES string of the molecule is C=C(/C=C\C(=C/C)OC)c1sc2nc(-c3cccs3)nc(Cl)c2c1C. The average molecular weight is 389 g/mol. The highest BCUT2D eigenvalue weighted by Crippen LogP contribution is 2.38. The Morgan fingerprint density at radius 1 is 1.32 bits per heavy atom. The molecule has 0 aliphatic carbocycles. The van der Waals surface area contributed by atoms with E-state index in [1.165, 1.54) is 0 Å². The molecule has 128 valence electrons. The molecule has 3 heterocycles. The summed E-state index contributed by atoms with van der Waals surface area (Å²) in [5.74, 6) is 1.45. The normalized spacial score (nSPS) is 12.2. The minimum atomic E-state index is 0.483. The third-order valence-corrected chi connectivity index (χ3v) is 6.15. The minimum absolute atomic E-state index is 0.483. The van der Waals surface area contributed by atoms with Crippen LogP contribution in [0.1, 0.15) is 17.4 Å². The lowest BCUT2D eigenvalue weighted by molar-refractivity contribution is 0.306. The molecule has 3 rings (SSSR count). The zero-order chi connectivity index (χ0) is 18.0. The van der Waals surface area contributed by atoms with Crippen LogP contribution in [-0.4, -0.2) is 17.1 Å². The maximum Gasteiger partial charge on any atom is 0.172 e. The van der Waals surface area contributed by atoms with Crippen LogP contribution in [0.25, 0.3) is 26.5 Å². The second-order valence-corrected chi connectivity index (χ2v) is 7.61. The molecule has 0 bridgehead atoms. The summed E-state index contributed by atoms with van der Waals surface area (Å²) >= 11 is 9.64. The molecule has 3 aromatic heterocycles. The Bertz CT molecular complexity index is 985. The fraction of sp³-hybridized carbons (Fsp3) is 0.158. The van der Waals surface area contributed by atoms with Gasteiger partial charge in [-0.05, 0) is 48.6 Å². The molecule has 6 heteroatoms. The molecule has 0 N–H and O–H groups in total. The Labute approximate surface area is 160 Å². The number of hydrogen-bond donors (Lipinski definition) is 0. The van der Waals surface area contributed by atoms with E-state index in [0.29, 0.717) is 11.0 Å². The van der Waals surface area contributed by atoms with Crippen LogP contribution in [-0.2, 0) is 4.74 Å². The zero-order valence-corrected chi connectivity index (χ0v) is 16.6. The Morgan fingerprint density at radius 2 is 2.12 bits per heavy atom. The van der Waals surface area contributed by atoms with E-state index in [-0.39, 0.29) is 0 Å². The lowest BCUT2D eigenvalue weighted by atomic mass is 10.1. The van der Waals surface area contributed by atoms with Gasteiger partial charge in [0.05, 0.1) is 17.4 Å². The second kappa shape index (κ2) is 7.52. The van der Waals surface area contributed by atoms with Crippen LogP contribution in [0.5, 0.6) is 0 Å². The zero-order valence-electron chi connectivity index (χ0n) is 14.2. The Morgan fingerprint density at radius 3 is 2.76 bits per heavy atom. The molecular weight excluding hydrogens is 372 g/mol. The second-order valence-electron chi connectivity index (χ2n) is 5.31. The highest BCUT2D eigenvalue weighted by Gasteiger charge is 2.17. The predicted molar refractivity (Wildman–Crippen MR) is 109 cm³/mol. The van der Waals surface area contributed by atoms with Crippen molar-refractivity contribution in [1.82, 2.24) is 9.97 Å². The topological polar surface area (TPSA) is 35.0 Å². The summed E-state index contributed by atoms with van der Waals surface area (Å²) < 4.78 is 5.25. The fourth-order valence-electron chi connectivity index (χ4n) is 2.45. The van der Waals surface area contributed by atoms with E-state index < -0.39 is 0 Å². The summed E-state index contributed by atoms with van der Waals surface area (Å²) in [7, 11) is 1.65. The quantitative estimate of drug-likeness (QED) is 0.284. The summed E-state index contributed by atoms with van der Waals surface area (Å²) in [4.78, 5) is 12.1. The van der Waals surface area contributed by atoms with E-state index in [0.717, 1.165) is 36.9 Å². The van der Waals surface area contributed by atoms with Gasteiger partial charge in [-0.25, -0.2) is 9.97 Å². The molecule has 3 nitrogen and oxygen atoms in total. The number of halogens is 1. The van der Waals surface area contributed by atoms with Gasteiger partial charge in [0.2, 0.25) is 0 Å². The number of allylic oxidation sites excluding steroid dienone is 4. The molecule has 0 aromatic carbocycles. The van der Waals surface area contributed by atoms with Crippen LogP contribution in [0.2, 0.25) is 5.15 Å². The summed E-state index contributed by atoms with van der Waals surface area (Å²) in [5.41, 5.74) is 1.95. The molecule has 0 fully saturated rings. The number of rotatable bonds is 5. The first-order valence-electron chi connectivity index (χ1n) is 7.63. The third-order valence-electron chi connectivity index (χ3n) is 3.75. The van der Waals surface area contributed by atoms with Gasteiger partial charge in [-0.1, -0.05) is 30.3 Å². The number of fused-ring (bicyclic) bond motifs is 1. The first-order chi connectivity index (χ1) is 12.0. The van der Waals surface area contributed by atoms with Crippen molar-refractivity contribution in [1.29, 1.82) is 0 Å². The number of thiophene rings is 2. The summed E-state index contributed by atoms with van der Waals surface area (Å²) in [5, 5.41) is 3.38. The number of aromatic nitrogens is 2. The minimum Gasteiger partial charge on any atom is -0.497 e. The van der Waals surface area contributed by atoms with Gasteiger partial charge in [0.1, 0.15) is 15.7 Å². The van der Waals surface area contributed by atoms with Crippen LogP contribution in [0, 0.1) is 6.92 Å². The number of aryl methyl sites for hydroxylation is 1. The predicted octanol–water partition coefficient (Wildman–Crippen LogP) is 6.50. The van der Waals surface area contributed by atoms with Gasteiger partial charge >= 0.3 is 0 Å². The average Bonchev–Trinajstić information content (AvgIpc) is 3.24. The van der Waals surface area contributed by atoms with Crippen molar-refractivity contribution in [2.45, 2.75) is 13.8 Å². The molecule has 0 unspecified atom stereocenters. The number of hydrogen-bond acceptors (Lipinski definition) is 5. The Balaban J connectivity index is 2.05. The lowest BCUT2D eigenvalue weighted by Crippen LogP contribution is -1.88. The van der Waals surface area contributed by atoms with E-state index >= 15 is 0 Å². The number of nitrogens with zero attached hydrogens (tertiary/aromatic N) is 2. The van der Waals surface area contributed by atoms with Crippen molar-refractivity contribution in [3.63, 3.8) is 0 Å². The molecule has 0 radical (unpaired) electrons. The lowest BCUT2D eigenvalue weighted by Gasteiger charge is -2.01. The van der Waals surface area contributed by atoms with Crippen LogP contribution >= 0.6 is 34.3 Å². The van der Waals surface area contributed by atoms with Crippen molar-refractivity contribution in [3.8, 4) is 10.7 Å². The van der Waals surface area contributed by atoms with E-state index in [9.17, 15) is 0 Å². The molecule has 3 aromatic rings. The highest BCUT2D eigenvalue weighted by atomic mass is 35.5. The van der Waals surface area contributed by atoms with Gasteiger partial charge in [0, 0.05) is 4.88 Å². The molecule has 0 saturated carbocycles. The van der Waals surface area contributed by atoms with Crippen molar-refractivity contribution in [3.05, 3.63) is 63.7 Å². The Kier molecular flexibility index (Phi) is 5.37. The molecule has 0 aliphatic rings. The van der Waals surface area contributed by atoms with Gasteiger partial charge in [-0.3, -0.25) is 0 Å². The summed E-state index contributed by atoms with van der Waals surface area (Å²) in [6.45, 7) is 8.13. The van der Waals surface area contributed by atoms with Crippen LogP contribution in [0.4, 0.5) is 0 Å². The molecule has 0 saturated heterocycles. The Hall–Kier alpha value is -1.95. The molecule has 0 spiro atoms. The van der Waals surface area contributed by atoms with Gasteiger partial charge in [-0.2, -0.15) is 0 Å². The smallest absolute Gasteiger partial charge is 0.172 e. The highest BCUT2D eigenvalue weighted by molar-refractivity contribution is 7.20. The van der Waals surface area contributed by atoms with E-state index in [1.807, 2.05) is 49.6 Å². The van der Waals surface area contributed by atoms with Gasteiger partial charge < -0.3 is 4.74 Å². The summed E-state index contributed by atoms with van der Waals surface area (Å²) in [6, 6.07) is 3.97. The monoisotopic (exact) mass is 388 g/mol. The third kappa shape index (κ3) is 3.54. The number of ether oxygens (including phenoxy) is 1. The first-order valence-corrected chi connectivity index (χ1v) is 9.70. The molecule has 0 atom stereocenters. The molecule has 0 aliphatic heterocycles. The van der Waals surface area contributed by atoms with Gasteiger partial charge in [0.15, 0.2) is 5.82 Å². The number of methoxy groups -OCH3 is 1.